The summed E-state index contributed by atoms with van der Waals surface area (Å²) in [6.07, 6.45) is -12.1. The number of aromatic nitrogens is 4. The molecule has 8 aliphatic rings. The SMILES string of the molecule is C[C@@H]1COCCN1c1cc(N2CCCC[C@@H]2C(F)(F)F)[nH]c(=O)c1.C[C@@H]1COCCN1c1cc(N2CCCC[C@H]2C(F)(F)F)[nH]c(=O)c1.C[C@H]1COCCN1c1cc(N2CCCC[C@@H]2C(F)(F)F)[nH]c(=O)c1.C[C@H]1COCCN1c1cc(N2CCCC[C@H]2C(F)(F)F)[nH]c(=O)c1. The average Bonchev–Trinajstić information content (AvgIpc) is 0.820. The molecule has 0 unspecified atom stereocenters. The van der Waals surface area contributed by atoms with Crippen LogP contribution in [0.5, 0.6) is 0 Å². The lowest BCUT2D eigenvalue weighted by Crippen LogP contribution is -2.49. The summed E-state index contributed by atoms with van der Waals surface area (Å²) in [5.74, 6) is 0.993. The Bertz CT molecular complexity index is 2960. The van der Waals surface area contributed by atoms with Crippen LogP contribution in [-0.4, -0.2) is 198 Å². The first kappa shape index (κ1) is 73.4. The van der Waals surface area contributed by atoms with Gasteiger partial charge in [0, 0.05) is 148 Å². The molecule has 0 aromatic carbocycles. The summed E-state index contributed by atoms with van der Waals surface area (Å²) >= 11 is 0. The maximum absolute atomic E-state index is 13.3. The maximum Gasteiger partial charge on any atom is 0.408 e. The van der Waals surface area contributed by atoms with Gasteiger partial charge in [-0.05, 0) is 105 Å². The Morgan fingerprint density at radius 2 is 0.500 bits per heavy atom. The highest BCUT2D eigenvalue weighted by Gasteiger charge is 2.49. The first-order chi connectivity index (χ1) is 45.4. The normalized spacial score (nSPS) is 25.8. The van der Waals surface area contributed by atoms with Crippen LogP contribution in [0.25, 0.3) is 0 Å². The number of nitrogens with zero attached hydrogens (tertiary/aromatic N) is 8. The fourth-order valence-corrected chi connectivity index (χ4v) is 14.0. The van der Waals surface area contributed by atoms with E-state index in [-0.39, 0.29) is 95.4 Å². The van der Waals surface area contributed by atoms with Crippen molar-refractivity contribution < 1.29 is 71.6 Å². The summed E-state index contributed by atoms with van der Waals surface area (Å²) in [6.45, 7) is 15.9. The van der Waals surface area contributed by atoms with Gasteiger partial charge < -0.3 is 78.1 Å². The van der Waals surface area contributed by atoms with Crippen LogP contribution in [0, 0.1) is 0 Å². The first-order valence-corrected chi connectivity index (χ1v) is 33.1. The van der Waals surface area contributed by atoms with Gasteiger partial charge in [0.1, 0.15) is 47.4 Å². The van der Waals surface area contributed by atoms with Crippen LogP contribution < -0.4 is 61.4 Å². The predicted octanol–water partition coefficient (Wildman–Crippen LogP) is 10.1. The molecule has 4 N–H and O–H groups in total. The summed E-state index contributed by atoms with van der Waals surface area (Å²) in [5.41, 5.74) is 1.07. The molecule has 0 aliphatic carbocycles. The summed E-state index contributed by atoms with van der Waals surface area (Å²) in [5, 5.41) is 0. The van der Waals surface area contributed by atoms with E-state index in [9.17, 15) is 71.9 Å². The number of morpholine rings is 4. The lowest BCUT2D eigenvalue weighted by atomic mass is 10.0. The average molecular weight is 1380 g/mol. The predicted molar refractivity (Wildman–Crippen MR) is 343 cm³/mol. The lowest BCUT2D eigenvalue weighted by molar-refractivity contribution is -0.153. The Balaban J connectivity index is 0.000000150. The van der Waals surface area contributed by atoms with Crippen molar-refractivity contribution in [2.24, 2.45) is 0 Å². The number of pyridine rings is 4. The van der Waals surface area contributed by atoms with Crippen LogP contribution in [0.2, 0.25) is 0 Å². The van der Waals surface area contributed by atoms with E-state index in [1.54, 1.807) is 24.3 Å². The number of piperidine rings is 4. The Hall–Kier alpha value is -6.80. The summed E-state index contributed by atoms with van der Waals surface area (Å²) < 4.78 is 182. The number of nitrogens with one attached hydrogen (secondary N) is 4. The quantitative estimate of drug-likeness (QED) is 0.122. The van der Waals surface area contributed by atoms with E-state index >= 15 is 0 Å². The van der Waals surface area contributed by atoms with Crippen molar-refractivity contribution >= 4 is 46.0 Å². The van der Waals surface area contributed by atoms with Gasteiger partial charge in [-0.25, -0.2) is 0 Å². The standard InChI is InChI=1S/4C16H22F3N3O2/c4*1-11-10-24-7-6-21(11)12-8-14(20-15(23)9-12)22-5-3-2-4-13(22)16(17,18)19/h4*8-9,11,13H,2-7,10H2,1H3,(H,20,23)/t2*11-,13+;2*11-,13-/m1010/s1. The Morgan fingerprint density at radius 3 is 0.677 bits per heavy atom. The topological polar surface area (TPSA) is 194 Å². The Kier molecular flexibility index (Phi) is 24.3. The van der Waals surface area contributed by atoms with Crippen molar-refractivity contribution in [3.05, 3.63) is 89.9 Å². The zero-order valence-electron chi connectivity index (χ0n) is 54.4. The highest BCUT2D eigenvalue weighted by molar-refractivity contribution is 5.60. The number of hydrogen-bond acceptors (Lipinski definition) is 16. The number of alkyl halides is 12. The van der Waals surface area contributed by atoms with Crippen molar-refractivity contribution in [1.29, 1.82) is 0 Å². The van der Waals surface area contributed by atoms with Crippen molar-refractivity contribution in [3.8, 4) is 0 Å². The van der Waals surface area contributed by atoms with Crippen LogP contribution >= 0.6 is 0 Å². The molecule has 0 radical (unpaired) electrons. The third kappa shape index (κ3) is 18.9. The van der Waals surface area contributed by atoms with Crippen LogP contribution in [0.3, 0.4) is 0 Å². The van der Waals surface area contributed by atoms with Crippen molar-refractivity contribution in [2.75, 3.05) is 144 Å². The molecule has 8 fully saturated rings. The van der Waals surface area contributed by atoms with Crippen LogP contribution in [0.4, 0.5) is 98.7 Å². The minimum Gasteiger partial charge on any atom is -0.377 e. The minimum absolute atomic E-state index is 0.0592. The molecule has 0 spiro atoms. The monoisotopic (exact) mass is 1380 g/mol. The van der Waals surface area contributed by atoms with E-state index in [1.165, 1.54) is 43.9 Å². The molecule has 8 atom stereocenters. The number of hydrogen-bond donors (Lipinski definition) is 4. The second-order valence-corrected chi connectivity index (χ2v) is 25.8. The van der Waals surface area contributed by atoms with Gasteiger partial charge in [0.25, 0.3) is 22.2 Å². The number of anilines is 8. The highest BCUT2D eigenvalue weighted by Crippen LogP contribution is 2.40. The molecular weight excluding hydrogens is 1290 g/mol. The van der Waals surface area contributed by atoms with Gasteiger partial charge in [0.2, 0.25) is 0 Å². The fourth-order valence-electron chi connectivity index (χ4n) is 14.0. The molecule has 12 heterocycles. The van der Waals surface area contributed by atoms with Crippen LogP contribution in [0.1, 0.15) is 105 Å². The van der Waals surface area contributed by atoms with E-state index in [0.717, 1.165) is 0 Å². The number of halogens is 12. The van der Waals surface area contributed by atoms with Gasteiger partial charge >= 0.3 is 24.7 Å². The number of aromatic amines is 4. The molecule has 0 amide bonds. The molecule has 4 aromatic heterocycles. The number of ether oxygens (including phenoxy) is 4. The van der Waals surface area contributed by atoms with Crippen LogP contribution in [0.15, 0.2) is 67.7 Å². The Labute approximate surface area is 548 Å². The summed E-state index contributed by atoms with van der Waals surface area (Å²) in [6, 6.07) is 6.55. The minimum atomic E-state index is -4.31. The molecule has 32 heteroatoms. The van der Waals surface area contributed by atoms with Gasteiger partial charge in [-0.15, -0.1) is 0 Å². The molecule has 20 nitrogen and oxygen atoms in total. The van der Waals surface area contributed by atoms with Crippen molar-refractivity contribution in [1.82, 2.24) is 19.9 Å². The van der Waals surface area contributed by atoms with E-state index in [0.29, 0.717) is 179 Å². The summed E-state index contributed by atoms with van der Waals surface area (Å²) in [4.78, 5) is 71.7. The van der Waals surface area contributed by atoms with Gasteiger partial charge in [0.05, 0.1) is 52.9 Å². The molecule has 0 saturated carbocycles. The first-order valence-electron chi connectivity index (χ1n) is 33.1. The van der Waals surface area contributed by atoms with Crippen molar-refractivity contribution in [2.45, 2.75) is 178 Å². The molecule has 8 saturated heterocycles. The van der Waals surface area contributed by atoms with E-state index in [4.69, 9.17) is 18.9 Å². The number of H-pyrrole nitrogens is 4. The summed E-state index contributed by atoms with van der Waals surface area (Å²) in [7, 11) is 0. The zero-order valence-corrected chi connectivity index (χ0v) is 54.4. The van der Waals surface area contributed by atoms with E-state index in [1.807, 2.05) is 47.3 Å². The second kappa shape index (κ2) is 31.8. The van der Waals surface area contributed by atoms with E-state index < -0.39 is 48.9 Å². The van der Waals surface area contributed by atoms with Gasteiger partial charge in [-0.2, -0.15) is 52.7 Å². The van der Waals surface area contributed by atoms with Crippen LogP contribution in [-0.2, 0) is 18.9 Å². The molecule has 4 aromatic rings. The van der Waals surface area contributed by atoms with Gasteiger partial charge in [-0.1, -0.05) is 0 Å². The fraction of sp³-hybridized carbons (Fsp3) is 0.688. The third-order valence-electron chi connectivity index (χ3n) is 18.8. The third-order valence-corrected chi connectivity index (χ3v) is 18.8. The van der Waals surface area contributed by atoms with E-state index in [2.05, 4.69) is 19.9 Å². The molecule has 96 heavy (non-hydrogen) atoms. The molecule has 0 bridgehead atoms. The van der Waals surface area contributed by atoms with Gasteiger partial charge in [-0.3, -0.25) is 19.2 Å². The Morgan fingerprint density at radius 1 is 0.302 bits per heavy atom. The largest absolute Gasteiger partial charge is 0.408 e. The molecule has 8 aliphatic heterocycles. The maximum atomic E-state index is 13.3. The lowest BCUT2D eigenvalue weighted by Gasteiger charge is -2.39. The zero-order chi connectivity index (χ0) is 69.3. The molecule has 536 valence electrons. The molecule has 12 rings (SSSR count). The second-order valence-electron chi connectivity index (χ2n) is 25.8. The highest BCUT2D eigenvalue weighted by atomic mass is 19.4. The smallest absolute Gasteiger partial charge is 0.377 e. The number of rotatable bonds is 8. The van der Waals surface area contributed by atoms with Crippen molar-refractivity contribution in [3.63, 3.8) is 0 Å². The van der Waals surface area contributed by atoms with Gasteiger partial charge in [0.15, 0.2) is 0 Å². The molecular formula is C64H88F12N12O8.